The third kappa shape index (κ3) is 4.32. The molecule has 2 aromatic rings. The van der Waals surface area contributed by atoms with Crippen LogP contribution in [0.3, 0.4) is 0 Å². The quantitative estimate of drug-likeness (QED) is 0.858. The van der Waals surface area contributed by atoms with Crippen LogP contribution in [0, 0.1) is 11.3 Å². The molecule has 0 aromatic heterocycles. The van der Waals surface area contributed by atoms with Gasteiger partial charge in [0.15, 0.2) is 0 Å². The minimum atomic E-state index is -0.110. The summed E-state index contributed by atoms with van der Waals surface area (Å²) in [6, 6.07) is 17.3. The van der Waals surface area contributed by atoms with Crippen LogP contribution in [0.25, 0.3) is 0 Å². The minimum absolute atomic E-state index is 0.110. The topological polar surface area (TPSA) is 56.1 Å². The first-order valence-electron chi connectivity index (χ1n) is 8.48. The molecule has 2 aromatic carbocycles. The van der Waals surface area contributed by atoms with Gasteiger partial charge in [0.1, 0.15) is 6.07 Å². The van der Waals surface area contributed by atoms with E-state index in [0.29, 0.717) is 16.3 Å². The predicted octanol–water partition coefficient (Wildman–Crippen LogP) is 4.84. The number of hydrogen-bond acceptors (Lipinski definition) is 2. The summed E-state index contributed by atoms with van der Waals surface area (Å²) in [5.74, 6) is 0. The van der Waals surface area contributed by atoms with Crippen molar-refractivity contribution in [2.75, 3.05) is 11.9 Å². The molecule has 0 saturated carbocycles. The molecule has 2 amide bonds. The van der Waals surface area contributed by atoms with Crippen LogP contribution in [0.1, 0.15) is 30.4 Å². The van der Waals surface area contributed by atoms with E-state index in [9.17, 15) is 4.79 Å². The maximum atomic E-state index is 12.7. The van der Waals surface area contributed by atoms with Crippen LogP contribution in [0.4, 0.5) is 10.5 Å². The molecule has 1 aliphatic rings. The van der Waals surface area contributed by atoms with Gasteiger partial charge < -0.3 is 10.2 Å². The number of halogens is 1. The lowest BCUT2D eigenvalue weighted by Crippen LogP contribution is -2.46. The standard InChI is InChI=1S/C20H20ClN3O/c21-19-13-17(10-9-16(19)14-22)23-20(25)24-11-5-4-8-18(24)12-15-6-2-1-3-7-15/h1-3,6-7,9-10,13,18H,4-5,8,11-12H2,(H,23,25). The molecule has 5 heteroatoms. The van der Waals surface area contributed by atoms with Gasteiger partial charge in [-0.1, -0.05) is 41.9 Å². The number of carbonyl (C=O) groups is 1. The van der Waals surface area contributed by atoms with Crippen molar-refractivity contribution in [2.24, 2.45) is 0 Å². The minimum Gasteiger partial charge on any atom is -0.321 e. The Morgan fingerprint density at radius 3 is 2.76 bits per heavy atom. The first kappa shape index (κ1) is 17.3. The maximum Gasteiger partial charge on any atom is 0.322 e. The molecule has 128 valence electrons. The average molecular weight is 354 g/mol. The second kappa shape index (κ2) is 8.04. The summed E-state index contributed by atoms with van der Waals surface area (Å²) in [6.45, 7) is 0.757. The zero-order valence-corrected chi connectivity index (χ0v) is 14.7. The fourth-order valence-corrected chi connectivity index (χ4v) is 3.47. The Balaban J connectivity index is 1.70. The number of amides is 2. The Labute approximate surface area is 153 Å². The number of piperidine rings is 1. The van der Waals surface area contributed by atoms with E-state index < -0.39 is 0 Å². The molecular formula is C20H20ClN3O. The summed E-state index contributed by atoms with van der Waals surface area (Å²) >= 11 is 6.05. The van der Waals surface area contributed by atoms with Crippen molar-refractivity contribution in [3.8, 4) is 6.07 Å². The molecule has 1 N–H and O–H groups in total. The molecule has 1 aliphatic heterocycles. The molecule has 1 unspecified atom stereocenters. The third-order valence-electron chi connectivity index (χ3n) is 4.54. The van der Waals surface area contributed by atoms with E-state index in [1.165, 1.54) is 5.56 Å². The number of benzene rings is 2. The Hall–Kier alpha value is -2.51. The number of nitrogens with zero attached hydrogens (tertiary/aromatic N) is 2. The third-order valence-corrected chi connectivity index (χ3v) is 4.86. The molecule has 1 fully saturated rings. The van der Waals surface area contributed by atoms with Gasteiger partial charge in [0.05, 0.1) is 10.6 Å². The van der Waals surface area contributed by atoms with E-state index in [2.05, 4.69) is 17.4 Å². The number of nitriles is 1. The zero-order valence-electron chi connectivity index (χ0n) is 13.9. The smallest absolute Gasteiger partial charge is 0.321 e. The monoisotopic (exact) mass is 353 g/mol. The van der Waals surface area contributed by atoms with Gasteiger partial charge in [-0.05, 0) is 49.4 Å². The van der Waals surface area contributed by atoms with Crippen LogP contribution in [0.2, 0.25) is 5.02 Å². The molecule has 0 spiro atoms. The van der Waals surface area contributed by atoms with E-state index in [-0.39, 0.29) is 12.1 Å². The number of anilines is 1. The summed E-state index contributed by atoms with van der Waals surface area (Å²) < 4.78 is 0. The summed E-state index contributed by atoms with van der Waals surface area (Å²) in [7, 11) is 0. The molecule has 1 saturated heterocycles. The molecule has 0 bridgehead atoms. The molecule has 1 heterocycles. The number of likely N-dealkylation sites (tertiary alicyclic amines) is 1. The van der Waals surface area contributed by atoms with Crippen molar-refractivity contribution >= 4 is 23.3 Å². The predicted molar refractivity (Wildman–Crippen MR) is 99.7 cm³/mol. The molecule has 0 aliphatic carbocycles. The zero-order chi connectivity index (χ0) is 17.6. The first-order valence-corrected chi connectivity index (χ1v) is 8.86. The van der Waals surface area contributed by atoms with Crippen LogP contribution < -0.4 is 5.32 Å². The van der Waals surface area contributed by atoms with Crippen molar-refractivity contribution in [2.45, 2.75) is 31.7 Å². The van der Waals surface area contributed by atoms with E-state index in [1.807, 2.05) is 29.2 Å². The lowest BCUT2D eigenvalue weighted by Gasteiger charge is -2.36. The van der Waals surface area contributed by atoms with Gasteiger partial charge in [0.25, 0.3) is 0 Å². The number of nitrogens with one attached hydrogen (secondary N) is 1. The van der Waals surface area contributed by atoms with E-state index in [0.717, 1.165) is 32.2 Å². The van der Waals surface area contributed by atoms with Crippen molar-refractivity contribution in [1.29, 1.82) is 5.26 Å². The average Bonchev–Trinajstić information content (AvgIpc) is 2.63. The molecular weight excluding hydrogens is 334 g/mol. The van der Waals surface area contributed by atoms with Crippen molar-refractivity contribution in [3.05, 3.63) is 64.7 Å². The molecule has 4 nitrogen and oxygen atoms in total. The maximum absolute atomic E-state index is 12.7. The van der Waals surface area contributed by atoms with Crippen molar-refractivity contribution in [3.63, 3.8) is 0 Å². The van der Waals surface area contributed by atoms with Gasteiger partial charge in [-0.15, -0.1) is 0 Å². The fraction of sp³-hybridized carbons (Fsp3) is 0.300. The van der Waals surface area contributed by atoms with E-state index >= 15 is 0 Å². The van der Waals surface area contributed by atoms with Crippen molar-refractivity contribution < 1.29 is 4.79 Å². The molecule has 0 radical (unpaired) electrons. The Morgan fingerprint density at radius 1 is 1.24 bits per heavy atom. The first-order chi connectivity index (χ1) is 12.2. The summed E-state index contributed by atoms with van der Waals surface area (Å²) in [6.07, 6.45) is 4.04. The number of hydrogen-bond donors (Lipinski definition) is 1. The molecule has 3 rings (SSSR count). The lowest BCUT2D eigenvalue weighted by atomic mass is 9.96. The Morgan fingerprint density at radius 2 is 2.04 bits per heavy atom. The van der Waals surface area contributed by atoms with E-state index in [4.69, 9.17) is 16.9 Å². The van der Waals surface area contributed by atoms with Crippen LogP contribution >= 0.6 is 11.6 Å². The summed E-state index contributed by atoms with van der Waals surface area (Å²) in [5, 5.41) is 12.2. The molecule has 1 atom stereocenters. The molecule has 25 heavy (non-hydrogen) atoms. The number of rotatable bonds is 3. The Kier molecular flexibility index (Phi) is 5.57. The van der Waals surface area contributed by atoms with Gasteiger partial charge in [-0.25, -0.2) is 4.79 Å². The number of carbonyl (C=O) groups excluding carboxylic acids is 1. The summed E-state index contributed by atoms with van der Waals surface area (Å²) in [5.41, 5.74) is 2.26. The van der Waals surface area contributed by atoms with Crippen molar-refractivity contribution in [1.82, 2.24) is 4.90 Å². The van der Waals surface area contributed by atoms with Gasteiger partial charge in [0, 0.05) is 18.3 Å². The number of urea groups is 1. The van der Waals surface area contributed by atoms with Crippen LogP contribution in [0.5, 0.6) is 0 Å². The lowest BCUT2D eigenvalue weighted by molar-refractivity contribution is 0.162. The second-order valence-electron chi connectivity index (χ2n) is 6.27. The van der Waals surface area contributed by atoms with Gasteiger partial charge in [0.2, 0.25) is 0 Å². The SMILES string of the molecule is N#Cc1ccc(NC(=O)N2CCCCC2Cc2ccccc2)cc1Cl. The fourth-order valence-electron chi connectivity index (χ4n) is 3.25. The highest BCUT2D eigenvalue weighted by atomic mass is 35.5. The normalized spacial score (nSPS) is 17.0. The van der Waals surface area contributed by atoms with Crippen LogP contribution in [-0.2, 0) is 6.42 Å². The second-order valence-corrected chi connectivity index (χ2v) is 6.68. The highest BCUT2D eigenvalue weighted by Gasteiger charge is 2.27. The van der Waals surface area contributed by atoms with Gasteiger partial charge >= 0.3 is 6.03 Å². The van der Waals surface area contributed by atoms with Gasteiger partial charge in [-0.2, -0.15) is 5.26 Å². The highest BCUT2D eigenvalue weighted by Crippen LogP contribution is 2.24. The largest absolute Gasteiger partial charge is 0.322 e. The van der Waals surface area contributed by atoms with Crippen LogP contribution in [-0.4, -0.2) is 23.5 Å². The van der Waals surface area contributed by atoms with Gasteiger partial charge in [-0.3, -0.25) is 0 Å². The summed E-state index contributed by atoms with van der Waals surface area (Å²) in [4.78, 5) is 14.7. The highest BCUT2D eigenvalue weighted by molar-refractivity contribution is 6.32. The van der Waals surface area contributed by atoms with Crippen LogP contribution in [0.15, 0.2) is 48.5 Å². The Bertz CT molecular complexity index is 785. The van der Waals surface area contributed by atoms with E-state index in [1.54, 1.807) is 18.2 Å².